The van der Waals surface area contributed by atoms with E-state index < -0.39 is 28.5 Å². The molecule has 1 aliphatic heterocycles. The first-order valence-corrected chi connectivity index (χ1v) is 16.7. The number of fused-ring (bicyclic) bond motifs is 2. The Kier molecular flexibility index (Phi) is 8.63. The molecule has 0 aromatic heterocycles. The number of hydrogen-bond donors (Lipinski definition) is 1. The molecular formula is C32H46O7S2. The molecule has 4 fully saturated rings. The van der Waals surface area contributed by atoms with Crippen molar-refractivity contribution in [3.63, 3.8) is 0 Å². The first-order chi connectivity index (χ1) is 19.4. The van der Waals surface area contributed by atoms with E-state index in [9.17, 15) is 14.7 Å². The fraction of sp³-hybridized carbons (Fsp3) is 0.781. The van der Waals surface area contributed by atoms with Gasteiger partial charge in [0.1, 0.15) is 23.9 Å². The number of ether oxygens (including phenoxy) is 4. The van der Waals surface area contributed by atoms with Gasteiger partial charge < -0.3 is 28.8 Å². The third-order valence-electron chi connectivity index (χ3n) is 11.2. The van der Waals surface area contributed by atoms with Crippen molar-refractivity contribution in [1.82, 2.24) is 0 Å². The van der Waals surface area contributed by atoms with Gasteiger partial charge in [-0.2, -0.15) is 0 Å². The highest BCUT2D eigenvalue weighted by Gasteiger charge is 2.84. The number of carbonyl (C=O) groups excluding carboxylic acids is 1. The van der Waals surface area contributed by atoms with E-state index in [2.05, 4.69) is 33.4 Å². The van der Waals surface area contributed by atoms with E-state index in [4.69, 9.17) is 31.2 Å². The smallest absolute Gasteiger partial charge is 0.315 e. The predicted molar refractivity (Wildman–Crippen MR) is 162 cm³/mol. The minimum absolute atomic E-state index is 0.0213. The minimum Gasteiger partial charge on any atom is -0.481 e. The Bertz CT molecular complexity index is 1120. The fourth-order valence-electron chi connectivity index (χ4n) is 9.75. The van der Waals surface area contributed by atoms with E-state index in [-0.39, 0.29) is 42.7 Å². The van der Waals surface area contributed by atoms with Crippen LogP contribution < -0.4 is 0 Å². The lowest BCUT2D eigenvalue weighted by molar-refractivity contribution is -0.266. The molecule has 4 bridgehead atoms. The van der Waals surface area contributed by atoms with Crippen molar-refractivity contribution >= 4 is 40.6 Å². The van der Waals surface area contributed by atoms with E-state index in [1.807, 2.05) is 20.1 Å². The Morgan fingerprint density at radius 3 is 2.63 bits per heavy atom. The highest BCUT2D eigenvalue weighted by Crippen LogP contribution is 2.82. The molecule has 4 aliphatic carbocycles. The van der Waals surface area contributed by atoms with Crippen LogP contribution in [0, 0.1) is 45.8 Å². The van der Waals surface area contributed by atoms with Crippen LogP contribution in [0.3, 0.4) is 0 Å². The summed E-state index contributed by atoms with van der Waals surface area (Å²) in [5.41, 5.74) is -1.07. The standard InChI is InChI=1S/C32H46O7S2/c1-17(2)14-36-27-20(6)38-26(11-25(27)39-29(40)41-7)37-16-31-13-22-19(5)8-9-23(22)30(15-33)12-21(31)10-24(18(3)4)32(30,31)28(34)35/h10,15,18-23,25-27H,1,8-9,11-14,16H2,2-7H3,(H,34,35)/t19?,20-,21?,22?,23?,25+,26-,27-,30?,31?,32?/m1/s1. The Hall–Kier alpha value is -1.26. The summed E-state index contributed by atoms with van der Waals surface area (Å²) in [6.07, 6.45) is 7.14. The van der Waals surface area contributed by atoms with Gasteiger partial charge in [-0.3, -0.25) is 4.79 Å². The average molecular weight is 607 g/mol. The number of carboxylic acids is 1. The van der Waals surface area contributed by atoms with Crippen molar-refractivity contribution in [2.75, 3.05) is 19.5 Å². The second-order valence-electron chi connectivity index (χ2n) is 13.6. The van der Waals surface area contributed by atoms with Crippen LogP contribution in [-0.4, -0.2) is 65.8 Å². The molecule has 0 aromatic carbocycles. The van der Waals surface area contributed by atoms with Gasteiger partial charge in [0, 0.05) is 11.8 Å². The molecule has 0 aromatic rings. The van der Waals surface area contributed by atoms with Crippen molar-refractivity contribution in [3.05, 3.63) is 23.8 Å². The minimum atomic E-state index is -1.27. The Morgan fingerprint density at radius 2 is 2.02 bits per heavy atom. The van der Waals surface area contributed by atoms with Gasteiger partial charge in [-0.15, -0.1) is 0 Å². The number of thiocarbonyl (C=S) groups is 1. The third-order valence-corrected chi connectivity index (χ3v) is 12.2. The zero-order valence-electron chi connectivity index (χ0n) is 25.2. The topological polar surface area (TPSA) is 91.3 Å². The van der Waals surface area contributed by atoms with E-state index in [1.54, 1.807) is 0 Å². The monoisotopic (exact) mass is 606 g/mol. The van der Waals surface area contributed by atoms with Gasteiger partial charge in [0.05, 0.1) is 24.7 Å². The molecular weight excluding hydrogens is 560 g/mol. The number of hydrogen-bond acceptors (Lipinski definition) is 8. The number of aldehydes is 1. The van der Waals surface area contributed by atoms with Crippen molar-refractivity contribution in [2.24, 2.45) is 45.8 Å². The average Bonchev–Trinajstić information content (AvgIpc) is 3.48. The van der Waals surface area contributed by atoms with Gasteiger partial charge >= 0.3 is 5.97 Å². The lowest BCUT2D eigenvalue weighted by Crippen LogP contribution is -2.64. The van der Waals surface area contributed by atoms with Gasteiger partial charge in [-0.05, 0) is 81.2 Å². The van der Waals surface area contributed by atoms with Crippen molar-refractivity contribution in [3.8, 4) is 0 Å². The number of thioether (sulfide) groups is 1. The van der Waals surface area contributed by atoms with Crippen molar-refractivity contribution in [1.29, 1.82) is 0 Å². The maximum atomic E-state index is 13.7. The molecule has 228 valence electrons. The van der Waals surface area contributed by atoms with Crippen molar-refractivity contribution < 1.29 is 33.6 Å². The summed E-state index contributed by atoms with van der Waals surface area (Å²) in [5.74, 6) is -0.0245. The van der Waals surface area contributed by atoms with E-state index in [0.29, 0.717) is 35.7 Å². The summed E-state index contributed by atoms with van der Waals surface area (Å²) >= 11 is 6.76. The van der Waals surface area contributed by atoms with Crippen LogP contribution in [0.5, 0.6) is 0 Å². The molecule has 1 N–H and O–H groups in total. The Balaban J connectivity index is 1.47. The van der Waals surface area contributed by atoms with Crippen molar-refractivity contribution in [2.45, 2.75) is 91.3 Å². The summed E-state index contributed by atoms with van der Waals surface area (Å²) in [6, 6.07) is 0. The number of allylic oxidation sites excluding steroid dienone is 1. The number of aliphatic carboxylic acids is 1. The molecule has 11 atom stereocenters. The normalized spacial score (nSPS) is 44.4. The number of carboxylic acid groups (broad SMARTS) is 1. The molecule has 0 spiro atoms. The largest absolute Gasteiger partial charge is 0.481 e. The van der Waals surface area contributed by atoms with Crippen LogP contribution in [0.25, 0.3) is 0 Å². The molecule has 5 aliphatic rings. The number of rotatable bonds is 10. The van der Waals surface area contributed by atoms with E-state index in [0.717, 1.165) is 36.7 Å². The molecule has 0 radical (unpaired) electrons. The summed E-state index contributed by atoms with van der Waals surface area (Å²) in [6.45, 7) is 14.8. The summed E-state index contributed by atoms with van der Waals surface area (Å²) in [7, 11) is 0. The van der Waals surface area contributed by atoms with Crippen LogP contribution in [0.4, 0.5) is 0 Å². The second-order valence-corrected chi connectivity index (χ2v) is 15.1. The first-order valence-electron chi connectivity index (χ1n) is 15.1. The lowest BCUT2D eigenvalue weighted by atomic mass is 9.43. The maximum absolute atomic E-state index is 13.7. The van der Waals surface area contributed by atoms with Crippen LogP contribution in [-0.2, 0) is 28.5 Å². The van der Waals surface area contributed by atoms with Crippen LogP contribution in [0.1, 0.15) is 66.7 Å². The van der Waals surface area contributed by atoms with Gasteiger partial charge in [0.2, 0.25) is 4.38 Å². The molecule has 1 heterocycles. The van der Waals surface area contributed by atoms with Gasteiger partial charge in [0.15, 0.2) is 6.29 Å². The molecule has 3 saturated carbocycles. The zero-order valence-corrected chi connectivity index (χ0v) is 26.9. The maximum Gasteiger partial charge on any atom is 0.315 e. The third kappa shape index (κ3) is 4.50. The van der Waals surface area contributed by atoms with Crippen LogP contribution in [0.2, 0.25) is 0 Å². The second kappa shape index (κ2) is 11.3. The highest BCUT2D eigenvalue weighted by molar-refractivity contribution is 8.22. The molecule has 0 amide bonds. The van der Waals surface area contributed by atoms with E-state index >= 15 is 0 Å². The SMILES string of the molecule is C=C(C)CO[C@H]1[C@@H](OC(=S)SC)C[C@H](OCC23CC4C(C)CCC4C4(C=O)CC2C=C(C(C)C)C43C(=O)O)O[C@@H]1C. The highest BCUT2D eigenvalue weighted by atomic mass is 32.2. The molecule has 1 saturated heterocycles. The molecule has 9 heteroatoms. The van der Waals surface area contributed by atoms with Gasteiger partial charge in [-0.1, -0.05) is 62.8 Å². The summed E-state index contributed by atoms with van der Waals surface area (Å²) < 4.78 is 25.7. The molecule has 5 rings (SSSR count). The summed E-state index contributed by atoms with van der Waals surface area (Å²) in [5, 5.41) is 11.2. The van der Waals surface area contributed by atoms with Gasteiger partial charge in [0.25, 0.3) is 0 Å². The number of carbonyl (C=O) groups is 2. The zero-order chi connectivity index (χ0) is 29.9. The first kappa shape index (κ1) is 31.2. The Labute approximate surface area is 254 Å². The van der Waals surface area contributed by atoms with E-state index in [1.165, 1.54) is 11.8 Å². The fourth-order valence-corrected chi connectivity index (χ4v) is 10.1. The van der Waals surface area contributed by atoms with Gasteiger partial charge in [-0.25, -0.2) is 0 Å². The van der Waals surface area contributed by atoms with Crippen LogP contribution >= 0.6 is 24.0 Å². The molecule has 7 nitrogen and oxygen atoms in total. The Morgan fingerprint density at radius 1 is 1.29 bits per heavy atom. The lowest BCUT2D eigenvalue weighted by Gasteiger charge is -2.58. The molecule has 7 unspecified atom stereocenters. The predicted octanol–water partition coefficient (Wildman–Crippen LogP) is 6.06. The quantitative estimate of drug-likeness (QED) is 0.181. The van der Waals surface area contributed by atoms with Crippen LogP contribution in [0.15, 0.2) is 23.8 Å². The molecule has 41 heavy (non-hydrogen) atoms. The summed E-state index contributed by atoms with van der Waals surface area (Å²) in [4.78, 5) is 26.9.